The molecule has 0 radical (unpaired) electrons. The molecule has 230 valence electrons. The van der Waals surface area contributed by atoms with Crippen molar-refractivity contribution in [3.8, 4) is 0 Å². The SMILES string of the molecule is CCCCCCCCCCCCCCCCN(CCCS(=O)(=O)[O-])CCN(CCCC)CCCS(=O)(=O)[O-].[Na+].[Na+]. The van der Waals surface area contributed by atoms with Crippen molar-refractivity contribution in [3.05, 3.63) is 0 Å². The summed E-state index contributed by atoms with van der Waals surface area (Å²) in [5.41, 5.74) is 0. The van der Waals surface area contributed by atoms with Crippen molar-refractivity contribution >= 4 is 20.2 Å². The quantitative estimate of drug-likeness (QED) is 0.0632. The molecule has 0 bridgehead atoms. The van der Waals surface area contributed by atoms with Gasteiger partial charge < -0.3 is 18.9 Å². The Kier molecular flexibility index (Phi) is 35.5. The van der Waals surface area contributed by atoms with Gasteiger partial charge in [0.05, 0.1) is 20.2 Å². The molecule has 0 rings (SSSR count). The van der Waals surface area contributed by atoms with Gasteiger partial charge in [0.2, 0.25) is 0 Å². The van der Waals surface area contributed by atoms with Gasteiger partial charge in [-0.3, -0.25) is 0 Å². The molecule has 0 aromatic heterocycles. The molecule has 0 saturated heterocycles. The standard InChI is InChI=1S/C28H60N2O6S2.2Na/c1-3-5-7-8-9-10-11-12-13-14-15-16-17-18-22-30(24-20-28-38(34,35)36)26-25-29(21-6-4-2)23-19-27-37(31,32)33;;/h3-28H2,1-2H3,(H,31,32,33)(H,34,35,36);;/q;2*+1/p-2. The third-order valence-electron chi connectivity index (χ3n) is 7.13. The van der Waals surface area contributed by atoms with Gasteiger partial charge in [-0.15, -0.1) is 0 Å². The van der Waals surface area contributed by atoms with Crippen LogP contribution < -0.4 is 59.1 Å². The molecule has 0 saturated carbocycles. The summed E-state index contributed by atoms with van der Waals surface area (Å²) in [7, 11) is -8.42. The molecule has 0 fully saturated rings. The van der Waals surface area contributed by atoms with Crippen molar-refractivity contribution in [2.75, 3.05) is 50.8 Å². The Morgan fingerprint density at radius 1 is 0.400 bits per heavy atom. The summed E-state index contributed by atoms with van der Waals surface area (Å²) in [6.45, 7) is 8.67. The first-order valence-corrected chi connectivity index (χ1v) is 18.5. The van der Waals surface area contributed by atoms with Gasteiger partial charge in [0.25, 0.3) is 0 Å². The summed E-state index contributed by atoms with van der Waals surface area (Å²) >= 11 is 0. The molecule has 0 amide bonds. The zero-order chi connectivity index (χ0) is 28.5. The second-order valence-electron chi connectivity index (χ2n) is 10.9. The molecule has 0 aliphatic rings. The van der Waals surface area contributed by atoms with Gasteiger partial charge in [-0.25, -0.2) is 16.8 Å². The van der Waals surface area contributed by atoms with Crippen molar-refractivity contribution < 1.29 is 85.1 Å². The van der Waals surface area contributed by atoms with Gasteiger partial charge in [0.1, 0.15) is 0 Å². The molecule has 40 heavy (non-hydrogen) atoms. The molecule has 8 nitrogen and oxygen atoms in total. The van der Waals surface area contributed by atoms with Crippen molar-refractivity contribution in [3.63, 3.8) is 0 Å². The van der Waals surface area contributed by atoms with Crippen LogP contribution in [-0.4, -0.2) is 86.5 Å². The maximum Gasteiger partial charge on any atom is 1.00 e. The van der Waals surface area contributed by atoms with Gasteiger partial charge in [-0.2, -0.15) is 0 Å². The molecule has 12 heteroatoms. The van der Waals surface area contributed by atoms with Crippen LogP contribution in [0.15, 0.2) is 0 Å². The normalized spacial score (nSPS) is 12.1. The average molecular weight is 629 g/mol. The van der Waals surface area contributed by atoms with Gasteiger partial charge in [-0.05, 0) is 51.9 Å². The zero-order valence-corrected chi connectivity index (χ0v) is 32.2. The third kappa shape index (κ3) is 35.9. The number of rotatable bonds is 29. The molecular weight excluding hydrogens is 570 g/mol. The molecule has 0 aromatic carbocycles. The van der Waals surface area contributed by atoms with E-state index in [1.54, 1.807) is 0 Å². The minimum Gasteiger partial charge on any atom is -0.748 e. The Morgan fingerprint density at radius 3 is 1.00 bits per heavy atom. The van der Waals surface area contributed by atoms with E-state index in [-0.39, 0.29) is 70.6 Å². The number of hydrogen-bond donors (Lipinski definition) is 0. The van der Waals surface area contributed by atoms with E-state index in [4.69, 9.17) is 0 Å². The predicted molar refractivity (Wildman–Crippen MR) is 156 cm³/mol. The minimum absolute atomic E-state index is 0. The van der Waals surface area contributed by atoms with Gasteiger partial charge in [-0.1, -0.05) is 104 Å². The van der Waals surface area contributed by atoms with E-state index >= 15 is 0 Å². The monoisotopic (exact) mass is 628 g/mol. The van der Waals surface area contributed by atoms with E-state index in [1.165, 1.54) is 77.0 Å². The Balaban J connectivity index is -0.00000684. The second-order valence-corrected chi connectivity index (χ2v) is 13.9. The Morgan fingerprint density at radius 2 is 0.675 bits per heavy atom. The number of hydrogen-bond acceptors (Lipinski definition) is 8. The number of unbranched alkanes of at least 4 members (excludes halogenated alkanes) is 14. The summed E-state index contributed by atoms with van der Waals surface area (Å²) < 4.78 is 66.0. The Hall–Kier alpha value is 1.74. The van der Waals surface area contributed by atoms with Gasteiger partial charge >= 0.3 is 59.1 Å². The van der Waals surface area contributed by atoms with Crippen LogP contribution >= 0.6 is 0 Å². The van der Waals surface area contributed by atoms with Crippen LogP contribution in [0.3, 0.4) is 0 Å². The summed E-state index contributed by atoms with van der Waals surface area (Å²) in [6.07, 6.45) is 20.9. The number of nitrogens with zero attached hydrogens (tertiary/aromatic N) is 2. The van der Waals surface area contributed by atoms with Crippen LogP contribution in [0.5, 0.6) is 0 Å². The van der Waals surface area contributed by atoms with E-state index in [0.717, 1.165) is 51.9 Å². The van der Waals surface area contributed by atoms with E-state index in [1.807, 2.05) is 0 Å². The van der Waals surface area contributed by atoms with E-state index < -0.39 is 20.2 Å². The fourth-order valence-corrected chi connectivity index (χ4v) is 5.76. The van der Waals surface area contributed by atoms with Gasteiger partial charge in [0.15, 0.2) is 0 Å². The summed E-state index contributed by atoms with van der Waals surface area (Å²) in [5.74, 6) is -0.692. The topological polar surface area (TPSA) is 121 Å². The maximum absolute atomic E-state index is 11.0. The molecule has 0 aromatic rings. The van der Waals surface area contributed by atoms with E-state index in [2.05, 4.69) is 23.6 Å². The zero-order valence-electron chi connectivity index (χ0n) is 26.5. The summed E-state index contributed by atoms with van der Waals surface area (Å²) in [5, 5.41) is 0. The molecule has 0 aliphatic carbocycles. The smallest absolute Gasteiger partial charge is 0.748 e. The average Bonchev–Trinajstić information content (AvgIpc) is 2.83. The van der Waals surface area contributed by atoms with Crippen LogP contribution in [0, 0.1) is 0 Å². The van der Waals surface area contributed by atoms with Crippen LogP contribution in [0.4, 0.5) is 0 Å². The maximum atomic E-state index is 11.0. The first kappa shape index (κ1) is 46.2. The molecule has 0 N–H and O–H groups in total. The fourth-order valence-electron chi connectivity index (χ4n) is 4.80. The van der Waals surface area contributed by atoms with Crippen LogP contribution in [0.2, 0.25) is 0 Å². The van der Waals surface area contributed by atoms with E-state index in [0.29, 0.717) is 25.9 Å². The van der Waals surface area contributed by atoms with Crippen molar-refractivity contribution in [2.24, 2.45) is 0 Å². The van der Waals surface area contributed by atoms with Crippen molar-refractivity contribution in [2.45, 2.75) is 129 Å². The Labute approximate surface area is 292 Å². The molecule has 0 unspecified atom stereocenters. The van der Waals surface area contributed by atoms with E-state index in [9.17, 15) is 25.9 Å². The largest absolute Gasteiger partial charge is 1.00 e. The first-order valence-electron chi connectivity index (χ1n) is 15.4. The van der Waals surface area contributed by atoms with Crippen molar-refractivity contribution in [1.29, 1.82) is 0 Å². The fraction of sp³-hybridized carbons (Fsp3) is 1.00. The minimum atomic E-state index is -4.21. The van der Waals surface area contributed by atoms with Crippen LogP contribution in [0.1, 0.15) is 129 Å². The summed E-state index contributed by atoms with van der Waals surface area (Å²) in [4.78, 5) is 4.42. The molecular formula is C28H58N2Na2O6S2. The van der Waals surface area contributed by atoms with Crippen molar-refractivity contribution in [1.82, 2.24) is 9.80 Å². The first-order chi connectivity index (χ1) is 18.1. The predicted octanol–water partition coefficient (Wildman–Crippen LogP) is -0.250. The van der Waals surface area contributed by atoms with Crippen LogP contribution in [0.25, 0.3) is 0 Å². The van der Waals surface area contributed by atoms with Crippen LogP contribution in [-0.2, 0) is 20.2 Å². The third-order valence-corrected chi connectivity index (χ3v) is 8.70. The molecule has 0 heterocycles. The second kappa shape index (κ2) is 30.8. The Bertz CT molecular complexity index is 743. The molecule has 0 spiro atoms. The van der Waals surface area contributed by atoms with Gasteiger partial charge in [0, 0.05) is 24.6 Å². The summed E-state index contributed by atoms with van der Waals surface area (Å²) in [6, 6.07) is 0. The molecule has 0 atom stereocenters. The molecule has 0 aliphatic heterocycles.